The Kier molecular flexibility index (Phi) is 4.58. The van der Waals surface area contributed by atoms with Gasteiger partial charge in [-0.15, -0.1) is 0 Å². The summed E-state index contributed by atoms with van der Waals surface area (Å²) < 4.78 is 5.73. The van der Waals surface area contributed by atoms with E-state index in [4.69, 9.17) is 10.00 Å². The molecule has 0 atom stereocenters. The number of anilines is 1. The van der Waals surface area contributed by atoms with Crippen LogP contribution in [0.1, 0.15) is 24.5 Å². The lowest BCUT2D eigenvalue weighted by atomic mass is 9.98. The van der Waals surface area contributed by atoms with E-state index in [1.54, 1.807) is 6.20 Å². The topological polar surface area (TPSA) is 49.1 Å². The zero-order valence-electron chi connectivity index (χ0n) is 13.2. The fourth-order valence-electron chi connectivity index (χ4n) is 2.77. The maximum Gasteiger partial charge on any atom is 0.128 e. The first-order valence-corrected chi connectivity index (χ1v) is 7.84. The summed E-state index contributed by atoms with van der Waals surface area (Å²) in [6.07, 6.45) is 4.81. The summed E-state index contributed by atoms with van der Waals surface area (Å²) in [6, 6.07) is 14.0. The van der Waals surface area contributed by atoms with E-state index < -0.39 is 0 Å². The van der Waals surface area contributed by atoms with Crippen LogP contribution in [-0.4, -0.2) is 24.7 Å². The zero-order chi connectivity index (χ0) is 16.1. The van der Waals surface area contributed by atoms with Gasteiger partial charge in [-0.3, -0.25) is 0 Å². The summed E-state index contributed by atoms with van der Waals surface area (Å²) in [7, 11) is 0. The molecule has 0 radical (unpaired) electrons. The van der Waals surface area contributed by atoms with Crippen LogP contribution in [0.25, 0.3) is 5.57 Å². The Morgan fingerprint density at radius 3 is 2.78 bits per heavy atom. The van der Waals surface area contributed by atoms with Crippen LogP contribution in [0.15, 0.2) is 48.7 Å². The van der Waals surface area contributed by atoms with Crippen LogP contribution in [0.2, 0.25) is 0 Å². The molecule has 0 saturated heterocycles. The van der Waals surface area contributed by atoms with E-state index in [1.807, 2.05) is 37.3 Å². The van der Waals surface area contributed by atoms with E-state index in [1.165, 1.54) is 11.1 Å². The lowest BCUT2D eigenvalue weighted by Gasteiger charge is -2.28. The molecule has 1 aromatic heterocycles. The van der Waals surface area contributed by atoms with Gasteiger partial charge in [0.25, 0.3) is 0 Å². The fraction of sp³-hybridized carbons (Fsp3) is 0.263. The Morgan fingerprint density at radius 1 is 1.26 bits per heavy atom. The molecule has 4 heteroatoms. The molecule has 23 heavy (non-hydrogen) atoms. The van der Waals surface area contributed by atoms with Crippen molar-refractivity contribution in [3.63, 3.8) is 0 Å². The van der Waals surface area contributed by atoms with Crippen molar-refractivity contribution >= 4 is 11.4 Å². The minimum atomic E-state index is 0.590. The molecule has 0 N–H and O–H groups in total. The first-order chi connectivity index (χ1) is 11.3. The Labute approximate surface area is 136 Å². The molecule has 2 heterocycles. The van der Waals surface area contributed by atoms with Crippen molar-refractivity contribution in [3.8, 4) is 11.8 Å². The molecule has 1 aromatic carbocycles. The van der Waals surface area contributed by atoms with Crippen molar-refractivity contribution in [3.05, 3.63) is 59.8 Å². The smallest absolute Gasteiger partial charge is 0.128 e. The Hall–Kier alpha value is -2.80. The first-order valence-electron chi connectivity index (χ1n) is 7.84. The van der Waals surface area contributed by atoms with E-state index in [-0.39, 0.29) is 0 Å². The maximum atomic E-state index is 8.84. The van der Waals surface area contributed by atoms with Gasteiger partial charge < -0.3 is 9.64 Å². The largest absolute Gasteiger partial charge is 0.493 e. The van der Waals surface area contributed by atoms with Crippen molar-refractivity contribution in [2.75, 3.05) is 24.6 Å². The quantitative estimate of drug-likeness (QED) is 0.865. The number of hydrogen-bond donors (Lipinski definition) is 0. The highest BCUT2D eigenvalue weighted by Gasteiger charge is 2.16. The second-order valence-corrected chi connectivity index (χ2v) is 5.37. The standard InChI is InChI=1S/C19H19N3O/c1-2-23-18-6-4-3-5-17(18)16-9-11-22(12-10-16)19-8-7-15(13-20)14-21-19/h3-9,14H,2,10-12H2,1H3. The molecule has 1 aliphatic heterocycles. The van der Waals surface area contributed by atoms with Crippen LogP contribution < -0.4 is 9.64 Å². The number of hydrogen-bond acceptors (Lipinski definition) is 4. The van der Waals surface area contributed by atoms with E-state index >= 15 is 0 Å². The number of rotatable bonds is 4. The Balaban J connectivity index is 1.77. The van der Waals surface area contributed by atoms with Crippen molar-refractivity contribution in [1.29, 1.82) is 5.26 Å². The lowest BCUT2D eigenvalue weighted by Crippen LogP contribution is -2.29. The van der Waals surface area contributed by atoms with Gasteiger partial charge in [0, 0.05) is 24.8 Å². The van der Waals surface area contributed by atoms with E-state index in [2.05, 4.69) is 28.1 Å². The SMILES string of the molecule is CCOc1ccccc1C1=CCN(c2ccc(C#N)cn2)CC1. The molecule has 4 nitrogen and oxygen atoms in total. The normalized spacial score (nSPS) is 14.1. The minimum absolute atomic E-state index is 0.590. The molecule has 0 bridgehead atoms. The number of nitrogens with zero attached hydrogens (tertiary/aromatic N) is 3. The van der Waals surface area contributed by atoms with Crippen LogP contribution in [-0.2, 0) is 0 Å². The molecular formula is C19H19N3O. The average Bonchev–Trinajstić information content (AvgIpc) is 2.63. The second kappa shape index (κ2) is 6.97. The highest BCUT2D eigenvalue weighted by Crippen LogP contribution is 2.31. The molecule has 0 spiro atoms. The molecule has 0 unspecified atom stereocenters. The highest BCUT2D eigenvalue weighted by molar-refractivity contribution is 5.72. The summed E-state index contributed by atoms with van der Waals surface area (Å²) in [6.45, 7) is 4.40. The molecule has 0 fully saturated rings. The monoisotopic (exact) mass is 305 g/mol. The Morgan fingerprint density at radius 2 is 2.13 bits per heavy atom. The summed E-state index contributed by atoms with van der Waals surface area (Å²) >= 11 is 0. The first kappa shape index (κ1) is 15.1. The number of pyridine rings is 1. The van der Waals surface area contributed by atoms with Gasteiger partial charge in [-0.25, -0.2) is 4.98 Å². The molecule has 0 aliphatic carbocycles. The van der Waals surface area contributed by atoms with Gasteiger partial charge >= 0.3 is 0 Å². The van der Waals surface area contributed by atoms with Crippen molar-refractivity contribution in [2.24, 2.45) is 0 Å². The van der Waals surface area contributed by atoms with Crippen LogP contribution in [0.5, 0.6) is 5.75 Å². The molecular weight excluding hydrogens is 286 g/mol. The van der Waals surface area contributed by atoms with Gasteiger partial charge in [0.1, 0.15) is 17.6 Å². The van der Waals surface area contributed by atoms with Gasteiger partial charge in [-0.1, -0.05) is 24.3 Å². The van der Waals surface area contributed by atoms with Gasteiger partial charge in [-0.2, -0.15) is 5.26 Å². The average molecular weight is 305 g/mol. The number of ether oxygens (including phenoxy) is 1. The summed E-state index contributed by atoms with van der Waals surface area (Å²) in [5, 5.41) is 8.84. The molecule has 0 amide bonds. The molecule has 1 aliphatic rings. The summed E-state index contributed by atoms with van der Waals surface area (Å²) in [4.78, 5) is 6.58. The van der Waals surface area contributed by atoms with Crippen molar-refractivity contribution < 1.29 is 4.74 Å². The van der Waals surface area contributed by atoms with Crippen LogP contribution in [0, 0.1) is 11.3 Å². The predicted octanol–water partition coefficient (Wildman–Crippen LogP) is 3.65. The number of para-hydroxylation sites is 1. The summed E-state index contributed by atoms with van der Waals surface area (Å²) in [5.74, 6) is 1.86. The van der Waals surface area contributed by atoms with Crippen LogP contribution in [0.4, 0.5) is 5.82 Å². The van der Waals surface area contributed by atoms with E-state index in [0.29, 0.717) is 12.2 Å². The lowest BCUT2D eigenvalue weighted by molar-refractivity contribution is 0.339. The maximum absolute atomic E-state index is 8.84. The Bertz CT molecular complexity index is 744. The van der Waals surface area contributed by atoms with Gasteiger partial charge in [0.2, 0.25) is 0 Å². The zero-order valence-corrected chi connectivity index (χ0v) is 13.2. The third kappa shape index (κ3) is 3.35. The number of benzene rings is 1. The van der Waals surface area contributed by atoms with Gasteiger partial charge in [0.05, 0.1) is 12.2 Å². The highest BCUT2D eigenvalue weighted by atomic mass is 16.5. The second-order valence-electron chi connectivity index (χ2n) is 5.37. The van der Waals surface area contributed by atoms with Gasteiger partial charge in [0.15, 0.2) is 0 Å². The van der Waals surface area contributed by atoms with Crippen molar-refractivity contribution in [1.82, 2.24) is 4.98 Å². The molecule has 2 aromatic rings. The number of nitriles is 1. The van der Waals surface area contributed by atoms with Crippen LogP contribution >= 0.6 is 0 Å². The van der Waals surface area contributed by atoms with E-state index in [0.717, 1.165) is 31.1 Å². The van der Waals surface area contributed by atoms with Gasteiger partial charge in [-0.05, 0) is 37.1 Å². The third-order valence-corrected chi connectivity index (χ3v) is 3.94. The summed E-state index contributed by atoms with van der Waals surface area (Å²) in [5.41, 5.74) is 3.09. The fourth-order valence-corrected chi connectivity index (χ4v) is 2.77. The van der Waals surface area contributed by atoms with E-state index in [9.17, 15) is 0 Å². The molecule has 116 valence electrons. The third-order valence-electron chi connectivity index (χ3n) is 3.94. The minimum Gasteiger partial charge on any atom is -0.493 e. The molecule has 0 saturated carbocycles. The number of aromatic nitrogens is 1. The predicted molar refractivity (Wildman–Crippen MR) is 91.4 cm³/mol. The van der Waals surface area contributed by atoms with Crippen molar-refractivity contribution in [2.45, 2.75) is 13.3 Å². The van der Waals surface area contributed by atoms with Crippen LogP contribution in [0.3, 0.4) is 0 Å². The molecule has 3 rings (SSSR count).